The van der Waals surface area contributed by atoms with E-state index >= 15 is 0 Å². The Bertz CT molecular complexity index is 45.5. The molecule has 0 nitrogen and oxygen atoms in total. The molecule has 0 rings (SSSR count). The molecule has 0 aromatic heterocycles. The van der Waals surface area contributed by atoms with Gasteiger partial charge in [0.05, 0.1) is 0 Å². The third-order valence-corrected chi connectivity index (χ3v) is 1.17. The van der Waals surface area contributed by atoms with E-state index in [1.54, 1.807) is 0 Å². The molecule has 36 valence electrons. The predicted molar refractivity (Wildman–Crippen MR) is 28.9 cm³/mol. The second-order valence-corrected chi connectivity index (χ2v) is 1.58. The summed E-state index contributed by atoms with van der Waals surface area (Å²) in [6.07, 6.45) is 0. The van der Waals surface area contributed by atoms with Crippen LogP contribution in [0.2, 0.25) is 0 Å². The summed E-state index contributed by atoms with van der Waals surface area (Å²) >= 11 is 3.04. The quantitative estimate of drug-likeness (QED) is 0.419. The minimum atomic E-state index is -0.411. The first-order valence-corrected chi connectivity index (χ1v) is 2.72. The van der Waals surface area contributed by atoms with Crippen LogP contribution >= 0.6 is 15.9 Å². The maximum Gasteiger partial charge on any atom is 0.111 e. The second-order valence-electron chi connectivity index (χ2n) is 1.02. The van der Waals surface area contributed by atoms with Crippen molar-refractivity contribution in [2.75, 3.05) is 12.0 Å². The Hall–Kier alpha value is 0.150. The van der Waals surface area contributed by atoms with Crippen molar-refractivity contribution in [2.45, 2.75) is 0 Å². The van der Waals surface area contributed by atoms with E-state index in [-0.39, 0.29) is 0 Å². The summed E-state index contributed by atoms with van der Waals surface area (Å²) in [6, 6.07) is 0. The highest BCUT2D eigenvalue weighted by Crippen LogP contribution is 1.94. The van der Waals surface area contributed by atoms with Crippen LogP contribution in [0.3, 0.4) is 0 Å². The van der Waals surface area contributed by atoms with Crippen molar-refractivity contribution in [1.29, 1.82) is 0 Å². The van der Waals surface area contributed by atoms with E-state index in [9.17, 15) is 4.39 Å². The van der Waals surface area contributed by atoms with E-state index in [1.165, 1.54) is 0 Å². The van der Waals surface area contributed by atoms with Gasteiger partial charge in [0.1, 0.15) is 6.67 Å². The van der Waals surface area contributed by atoms with Gasteiger partial charge in [0, 0.05) is 5.33 Å². The van der Waals surface area contributed by atoms with Gasteiger partial charge in [0.25, 0.3) is 0 Å². The molecule has 0 fully saturated rings. The topological polar surface area (TPSA) is 0 Å². The normalized spacial score (nSPS) is 8.33. The summed E-state index contributed by atoms with van der Waals surface area (Å²) in [5.41, 5.74) is 0.593. The van der Waals surface area contributed by atoms with Gasteiger partial charge in [-0.3, -0.25) is 0 Å². The zero-order chi connectivity index (χ0) is 4.99. The van der Waals surface area contributed by atoms with Crippen LogP contribution in [0.25, 0.3) is 0 Å². The van der Waals surface area contributed by atoms with Gasteiger partial charge in [0.15, 0.2) is 0 Å². The van der Waals surface area contributed by atoms with Crippen LogP contribution < -0.4 is 0 Å². The summed E-state index contributed by atoms with van der Waals surface area (Å²) in [5, 5.41) is 0.573. The van der Waals surface area contributed by atoms with Gasteiger partial charge >= 0.3 is 0 Å². The minimum Gasteiger partial charge on any atom is -0.246 e. The highest BCUT2D eigenvalue weighted by molar-refractivity contribution is 9.09. The van der Waals surface area contributed by atoms with E-state index in [2.05, 4.69) is 22.5 Å². The van der Waals surface area contributed by atoms with Crippen molar-refractivity contribution in [2.24, 2.45) is 0 Å². The van der Waals surface area contributed by atoms with Crippen LogP contribution in [-0.2, 0) is 0 Å². The zero-order valence-electron chi connectivity index (χ0n) is 3.38. The molecule has 0 radical (unpaired) electrons. The summed E-state index contributed by atoms with van der Waals surface area (Å²) in [6.45, 7) is 2.96. The number of rotatable bonds is 2. The zero-order valence-corrected chi connectivity index (χ0v) is 4.96. The molecule has 0 aliphatic carbocycles. The van der Waals surface area contributed by atoms with Gasteiger partial charge in [-0.15, -0.1) is 0 Å². The lowest BCUT2D eigenvalue weighted by atomic mass is 10.4. The van der Waals surface area contributed by atoms with Crippen molar-refractivity contribution in [3.63, 3.8) is 0 Å². The molecule has 0 N–H and O–H groups in total. The lowest BCUT2D eigenvalue weighted by molar-refractivity contribution is 0.545. The number of alkyl halides is 2. The third kappa shape index (κ3) is 2.39. The van der Waals surface area contributed by atoms with Crippen LogP contribution in [0, 0.1) is 0 Å². The fraction of sp³-hybridized carbons (Fsp3) is 0.500. The van der Waals surface area contributed by atoms with E-state index in [1.807, 2.05) is 0 Å². The molecule has 0 saturated heterocycles. The third-order valence-electron chi connectivity index (χ3n) is 0.378. The Kier molecular flexibility index (Phi) is 3.43. The molecule has 6 heavy (non-hydrogen) atoms. The lowest BCUT2D eigenvalue weighted by Gasteiger charge is -1.84. The smallest absolute Gasteiger partial charge is 0.111 e. The second kappa shape index (κ2) is 3.34. The number of hydrogen-bond donors (Lipinski definition) is 0. The first-order valence-electron chi connectivity index (χ1n) is 1.60. The van der Waals surface area contributed by atoms with Crippen LogP contribution in [0.15, 0.2) is 12.2 Å². The van der Waals surface area contributed by atoms with Crippen LogP contribution in [0.1, 0.15) is 0 Å². The molecule has 0 saturated carbocycles. The van der Waals surface area contributed by atoms with Gasteiger partial charge < -0.3 is 0 Å². The summed E-state index contributed by atoms with van der Waals surface area (Å²) in [7, 11) is 0. The maximum absolute atomic E-state index is 11.3. The Morgan fingerprint density at radius 2 is 2.33 bits per heavy atom. The highest BCUT2D eigenvalue weighted by atomic mass is 79.9. The predicted octanol–water partition coefficient (Wildman–Crippen LogP) is 1.91. The number of halogens is 2. The largest absolute Gasteiger partial charge is 0.246 e. The fourth-order valence-corrected chi connectivity index (χ4v) is 0.186. The summed E-state index contributed by atoms with van der Waals surface area (Å²) in [4.78, 5) is 0. The van der Waals surface area contributed by atoms with Gasteiger partial charge in [-0.1, -0.05) is 22.5 Å². The molecule has 0 amide bonds. The molecule has 0 atom stereocenters. The molecule has 0 unspecified atom stereocenters. The average molecular weight is 153 g/mol. The van der Waals surface area contributed by atoms with E-state index in [4.69, 9.17) is 0 Å². The van der Waals surface area contributed by atoms with Crippen molar-refractivity contribution >= 4 is 15.9 Å². The van der Waals surface area contributed by atoms with Crippen LogP contribution in [-0.4, -0.2) is 12.0 Å². The standard InChI is InChI=1S/C4H6BrF/c1-4(2-5)3-6/h1-3H2. The van der Waals surface area contributed by atoms with Crippen LogP contribution in [0.5, 0.6) is 0 Å². The van der Waals surface area contributed by atoms with Gasteiger partial charge in [0.2, 0.25) is 0 Å². The Labute approximate surface area is 45.2 Å². The molecule has 0 heterocycles. The molecule has 0 aromatic carbocycles. The lowest BCUT2D eigenvalue weighted by Crippen LogP contribution is -1.80. The highest BCUT2D eigenvalue weighted by Gasteiger charge is 1.83. The summed E-state index contributed by atoms with van der Waals surface area (Å²) < 4.78 is 11.3. The van der Waals surface area contributed by atoms with Crippen molar-refractivity contribution in [3.8, 4) is 0 Å². The van der Waals surface area contributed by atoms with Gasteiger partial charge in [-0.2, -0.15) is 0 Å². The number of hydrogen-bond acceptors (Lipinski definition) is 0. The van der Waals surface area contributed by atoms with Crippen LogP contribution in [0.4, 0.5) is 4.39 Å². The Balaban J connectivity index is 2.99. The average Bonchev–Trinajstić information content (AvgIpc) is 1.65. The molecule has 0 spiro atoms. The molecule has 0 aliphatic rings. The molecular weight excluding hydrogens is 147 g/mol. The van der Waals surface area contributed by atoms with Crippen molar-refractivity contribution < 1.29 is 4.39 Å². The van der Waals surface area contributed by atoms with Gasteiger partial charge in [-0.05, 0) is 5.57 Å². The molecule has 2 heteroatoms. The minimum absolute atomic E-state index is 0.411. The SMILES string of the molecule is C=C(CF)CBr. The Morgan fingerprint density at radius 1 is 1.83 bits per heavy atom. The Morgan fingerprint density at radius 3 is 2.33 bits per heavy atom. The van der Waals surface area contributed by atoms with Gasteiger partial charge in [-0.25, -0.2) is 4.39 Å². The van der Waals surface area contributed by atoms with E-state index in [0.717, 1.165) is 0 Å². The van der Waals surface area contributed by atoms with E-state index < -0.39 is 6.67 Å². The van der Waals surface area contributed by atoms with Crippen molar-refractivity contribution in [1.82, 2.24) is 0 Å². The molecule has 0 bridgehead atoms. The summed E-state index contributed by atoms with van der Waals surface area (Å²) in [5.74, 6) is 0. The molecular formula is C4H6BrF. The van der Waals surface area contributed by atoms with E-state index in [0.29, 0.717) is 10.9 Å². The monoisotopic (exact) mass is 152 g/mol. The maximum atomic E-state index is 11.3. The molecule has 0 aliphatic heterocycles. The first kappa shape index (κ1) is 6.15. The number of allylic oxidation sites excluding steroid dienone is 1. The fourth-order valence-electron chi connectivity index (χ4n) is 0.0357. The molecule has 0 aromatic rings. The van der Waals surface area contributed by atoms with Crippen molar-refractivity contribution in [3.05, 3.63) is 12.2 Å². The first-order chi connectivity index (χ1) is 2.81.